The lowest BCUT2D eigenvalue weighted by molar-refractivity contribution is 0.105. The smallest absolute Gasteiger partial charge is 0.137 e. The van der Waals surface area contributed by atoms with Crippen molar-refractivity contribution in [1.29, 1.82) is 0 Å². The fraction of sp³-hybridized carbons (Fsp3) is 0.647. The number of hydrogen-bond donors (Lipinski definition) is 1. The second-order valence-corrected chi connectivity index (χ2v) is 7.23. The highest BCUT2D eigenvalue weighted by Crippen LogP contribution is 2.25. The summed E-state index contributed by atoms with van der Waals surface area (Å²) in [5, 5.41) is 3.64. The lowest BCUT2D eigenvalue weighted by atomic mass is 9.97. The molecule has 2 atom stereocenters. The van der Waals surface area contributed by atoms with E-state index in [-0.39, 0.29) is 5.82 Å². The summed E-state index contributed by atoms with van der Waals surface area (Å²) in [6.07, 6.45) is 2.31. The monoisotopic (exact) mass is 356 g/mol. The summed E-state index contributed by atoms with van der Waals surface area (Å²) in [5.74, 6) is 0.503. The molecule has 2 nitrogen and oxygen atoms in total. The Morgan fingerprint density at radius 1 is 1.43 bits per heavy atom. The summed E-state index contributed by atoms with van der Waals surface area (Å²) in [6, 6.07) is 6.39. The topological polar surface area (TPSA) is 15.3 Å². The fourth-order valence-corrected chi connectivity index (χ4v) is 3.45. The molecule has 1 N–H and O–H groups in total. The highest BCUT2D eigenvalue weighted by molar-refractivity contribution is 9.10. The molecule has 21 heavy (non-hydrogen) atoms. The summed E-state index contributed by atoms with van der Waals surface area (Å²) < 4.78 is 14.3. The third kappa shape index (κ3) is 4.51. The highest BCUT2D eigenvalue weighted by atomic mass is 79.9. The number of nitrogens with one attached hydrogen (secondary N) is 1. The van der Waals surface area contributed by atoms with Gasteiger partial charge in [0.05, 0.1) is 4.47 Å². The van der Waals surface area contributed by atoms with Gasteiger partial charge in [0.15, 0.2) is 0 Å². The van der Waals surface area contributed by atoms with Gasteiger partial charge in [-0.1, -0.05) is 32.9 Å². The number of rotatable bonds is 5. The summed E-state index contributed by atoms with van der Waals surface area (Å²) in [5.41, 5.74) is 1.04. The number of halogens is 2. The van der Waals surface area contributed by atoms with Crippen LogP contribution in [0.15, 0.2) is 22.7 Å². The van der Waals surface area contributed by atoms with Crippen molar-refractivity contribution in [3.63, 3.8) is 0 Å². The van der Waals surface area contributed by atoms with E-state index in [1.165, 1.54) is 12.5 Å². The molecule has 0 amide bonds. The van der Waals surface area contributed by atoms with E-state index in [9.17, 15) is 4.39 Å². The van der Waals surface area contributed by atoms with Crippen molar-refractivity contribution >= 4 is 15.9 Å². The number of piperazine rings is 1. The van der Waals surface area contributed by atoms with Crippen LogP contribution in [-0.2, 0) is 6.54 Å². The van der Waals surface area contributed by atoms with Gasteiger partial charge in [0.1, 0.15) is 5.82 Å². The number of hydrogen-bond acceptors (Lipinski definition) is 2. The molecule has 1 aliphatic heterocycles. The van der Waals surface area contributed by atoms with Crippen LogP contribution in [0.25, 0.3) is 0 Å². The van der Waals surface area contributed by atoms with Crippen LogP contribution in [0.5, 0.6) is 0 Å². The first-order chi connectivity index (χ1) is 10.0. The van der Waals surface area contributed by atoms with E-state index in [0.29, 0.717) is 22.5 Å². The molecule has 1 aromatic carbocycles. The maximum Gasteiger partial charge on any atom is 0.137 e. The van der Waals surface area contributed by atoms with Crippen molar-refractivity contribution in [1.82, 2.24) is 10.2 Å². The van der Waals surface area contributed by atoms with Gasteiger partial charge in [0.25, 0.3) is 0 Å². The molecule has 0 aromatic heterocycles. The van der Waals surface area contributed by atoms with Crippen LogP contribution in [0.4, 0.5) is 4.39 Å². The van der Waals surface area contributed by atoms with Crippen LogP contribution in [0.3, 0.4) is 0 Å². The lowest BCUT2D eigenvalue weighted by Gasteiger charge is -2.41. The van der Waals surface area contributed by atoms with Gasteiger partial charge in [-0.2, -0.15) is 0 Å². The van der Waals surface area contributed by atoms with E-state index in [1.54, 1.807) is 6.07 Å². The van der Waals surface area contributed by atoms with Gasteiger partial charge in [-0.25, -0.2) is 4.39 Å². The second-order valence-electron chi connectivity index (χ2n) is 6.44. The van der Waals surface area contributed by atoms with Crippen molar-refractivity contribution in [3.8, 4) is 0 Å². The molecular formula is C17H26BrFN2. The first-order valence-corrected chi connectivity index (χ1v) is 8.70. The van der Waals surface area contributed by atoms with Crippen LogP contribution in [-0.4, -0.2) is 30.1 Å². The van der Waals surface area contributed by atoms with Crippen LogP contribution < -0.4 is 5.32 Å². The van der Waals surface area contributed by atoms with E-state index in [2.05, 4.69) is 46.9 Å². The van der Waals surface area contributed by atoms with Crippen molar-refractivity contribution in [2.45, 2.75) is 52.2 Å². The third-order valence-corrected chi connectivity index (χ3v) is 5.14. The molecule has 0 aliphatic carbocycles. The molecule has 4 heteroatoms. The summed E-state index contributed by atoms with van der Waals surface area (Å²) in [6.45, 7) is 9.63. The standard InChI is InChI=1S/C17H26BrFN2/c1-4-14-11-21(15(9-20-14)8-12(2)3)10-13-6-5-7-16(19)17(13)18/h5-7,12,14-15,20H,4,8-11H2,1-3H3. The molecule has 0 radical (unpaired) electrons. The maximum atomic E-state index is 13.7. The van der Waals surface area contributed by atoms with Gasteiger partial charge >= 0.3 is 0 Å². The van der Waals surface area contributed by atoms with Crippen molar-refractivity contribution in [2.75, 3.05) is 13.1 Å². The van der Waals surface area contributed by atoms with E-state index >= 15 is 0 Å². The summed E-state index contributed by atoms with van der Waals surface area (Å²) in [7, 11) is 0. The van der Waals surface area contributed by atoms with Gasteiger partial charge in [0, 0.05) is 31.7 Å². The Morgan fingerprint density at radius 2 is 2.19 bits per heavy atom. The third-order valence-electron chi connectivity index (χ3n) is 4.25. The molecule has 0 saturated carbocycles. The highest BCUT2D eigenvalue weighted by Gasteiger charge is 2.28. The van der Waals surface area contributed by atoms with Crippen LogP contribution >= 0.6 is 15.9 Å². The number of benzene rings is 1. The molecule has 2 unspecified atom stereocenters. The Hall–Kier alpha value is -0.450. The molecule has 1 aromatic rings. The molecule has 118 valence electrons. The van der Waals surface area contributed by atoms with Crippen molar-refractivity contribution < 1.29 is 4.39 Å². The van der Waals surface area contributed by atoms with Crippen LogP contribution in [0, 0.1) is 11.7 Å². The van der Waals surface area contributed by atoms with Gasteiger partial charge < -0.3 is 5.32 Å². The SMILES string of the molecule is CCC1CN(Cc2cccc(F)c2Br)C(CC(C)C)CN1. The maximum absolute atomic E-state index is 13.7. The predicted molar refractivity (Wildman–Crippen MR) is 89.8 cm³/mol. The second kappa shape index (κ2) is 7.70. The molecule has 2 rings (SSSR count). The normalized spacial score (nSPS) is 23.7. The van der Waals surface area contributed by atoms with Gasteiger partial charge in [-0.3, -0.25) is 4.90 Å². The molecule has 0 bridgehead atoms. The van der Waals surface area contributed by atoms with E-state index in [4.69, 9.17) is 0 Å². The summed E-state index contributed by atoms with van der Waals surface area (Å²) >= 11 is 3.39. The Morgan fingerprint density at radius 3 is 2.86 bits per heavy atom. The van der Waals surface area contributed by atoms with Crippen LogP contribution in [0.1, 0.15) is 39.2 Å². The minimum Gasteiger partial charge on any atom is -0.311 e. The quantitative estimate of drug-likeness (QED) is 0.850. The number of nitrogens with zero attached hydrogens (tertiary/aromatic N) is 1. The van der Waals surface area contributed by atoms with Crippen molar-refractivity contribution in [3.05, 3.63) is 34.1 Å². The molecule has 1 heterocycles. The van der Waals surface area contributed by atoms with Crippen LogP contribution in [0.2, 0.25) is 0 Å². The predicted octanol–water partition coefficient (Wildman–Crippen LogP) is 4.19. The molecule has 1 aliphatic rings. The van der Waals surface area contributed by atoms with Gasteiger partial charge in [-0.05, 0) is 46.3 Å². The molecule has 1 saturated heterocycles. The minimum absolute atomic E-state index is 0.171. The van der Waals surface area contributed by atoms with Gasteiger partial charge in [-0.15, -0.1) is 0 Å². The fourth-order valence-electron chi connectivity index (χ4n) is 3.06. The largest absolute Gasteiger partial charge is 0.311 e. The minimum atomic E-state index is -0.171. The molecular weight excluding hydrogens is 331 g/mol. The zero-order valence-corrected chi connectivity index (χ0v) is 14.8. The zero-order chi connectivity index (χ0) is 15.4. The first-order valence-electron chi connectivity index (χ1n) is 7.91. The summed E-state index contributed by atoms with van der Waals surface area (Å²) in [4.78, 5) is 2.52. The molecule has 1 fully saturated rings. The van der Waals surface area contributed by atoms with Gasteiger partial charge in [0.2, 0.25) is 0 Å². The molecule has 0 spiro atoms. The lowest BCUT2D eigenvalue weighted by Crippen LogP contribution is -2.56. The average molecular weight is 357 g/mol. The first kappa shape index (κ1) is 16.9. The van der Waals surface area contributed by atoms with E-state index < -0.39 is 0 Å². The Kier molecular flexibility index (Phi) is 6.20. The average Bonchev–Trinajstić information content (AvgIpc) is 2.45. The zero-order valence-electron chi connectivity index (χ0n) is 13.2. The Labute approximate surface area is 136 Å². The Bertz CT molecular complexity index is 464. The van der Waals surface area contributed by atoms with E-state index in [1.807, 2.05) is 6.07 Å². The Balaban J connectivity index is 2.13. The van der Waals surface area contributed by atoms with Crippen molar-refractivity contribution in [2.24, 2.45) is 5.92 Å². The van der Waals surface area contributed by atoms with E-state index in [0.717, 1.165) is 31.6 Å².